The largest absolute Gasteiger partial charge is 0.369 e. The number of anilines is 1. The second-order valence-electron chi connectivity index (χ2n) is 7.15. The minimum absolute atomic E-state index is 0.349. The van der Waals surface area contributed by atoms with Crippen LogP contribution in [0.4, 0.5) is 5.95 Å². The van der Waals surface area contributed by atoms with E-state index in [1.807, 2.05) is 11.6 Å². The van der Waals surface area contributed by atoms with Gasteiger partial charge in [-0.05, 0) is 30.6 Å². The third-order valence-corrected chi connectivity index (χ3v) is 5.81. The highest BCUT2D eigenvalue weighted by Gasteiger charge is 2.64. The molecule has 0 aromatic carbocycles. The maximum Gasteiger partial charge on any atom is 0.202 e. The Labute approximate surface area is 120 Å². The van der Waals surface area contributed by atoms with E-state index in [2.05, 4.69) is 49.3 Å². The van der Waals surface area contributed by atoms with Gasteiger partial charge < -0.3 is 5.73 Å². The molecule has 0 bridgehead atoms. The van der Waals surface area contributed by atoms with Gasteiger partial charge in [-0.1, -0.05) is 27.7 Å². The van der Waals surface area contributed by atoms with Crippen LogP contribution in [0.1, 0.15) is 40.3 Å². The molecule has 0 saturated heterocycles. The Balaban J connectivity index is 2.07. The smallest absolute Gasteiger partial charge is 0.202 e. The number of nitrogen functional groups attached to an aromatic ring is 1. The summed E-state index contributed by atoms with van der Waals surface area (Å²) in [6, 6.07) is 0. The fraction of sp³-hybridized carbons (Fsp3) is 0.733. The minimum atomic E-state index is 0.349. The Morgan fingerprint density at radius 1 is 1.20 bits per heavy atom. The predicted octanol–water partition coefficient (Wildman–Crippen LogP) is 2.83. The van der Waals surface area contributed by atoms with E-state index < -0.39 is 0 Å². The van der Waals surface area contributed by atoms with Gasteiger partial charge in [-0.15, -0.1) is 0 Å². The van der Waals surface area contributed by atoms with Crippen LogP contribution in [0.3, 0.4) is 0 Å². The number of nitrogens with zero attached hydrogens (tertiary/aromatic N) is 4. The van der Waals surface area contributed by atoms with Crippen LogP contribution >= 0.6 is 0 Å². The molecule has 0 atom stereocenters. The number of nitrogens with two attached hydrogens (primary N) is 1. The monoisotopic (exact) mass is 275 g/mol. The van der Waals surface area contributed by atoms with Crippen molar-refractivity contribution in [3.8, 4) is 0 Å². The second kappa shape index (κ2) is 3.77. The lowest BCUT2D eigenvalue weighted by Gasteiger charge is -2.09. The van der Waals surface area contributed by atoms with Crippen molar-refractivity contribution in [3.63, 3.8) is 0 Å². The maximum absolute atomic E-state index is 6.15. The molecule has 1 aliphatic carbocycles. The van der Waals surface area contributed by atoms with E-state index in [1.165, 1.54) is 0 Å². The molecule has 0 radical (unpaired) electrons. The van der Waals surface area contributed by atoms with Gasteiger partial charge in [0.15, 0.2) is 5.65 Å². The highest BCUT2D eigenvalue weighted by Crippen LogP contribution is 2.69. The van der Waals surface area contributed by atoms with E-state index in [4.69, 9.17) is 5.73 Å². The predicted molar refractivity (Wildman–Crippen MR) is 81.4 cm³/mol. The molecule has 2 N–H and O–H groups in total. The first kappa shape index (κ1) is 13.5. The summed E-state index contributed by atoms with van der Waals surface area (Å²) >= 11 is 0. The van der Waals surface area contributed by atoms with Crippen LogP contribution < -0.4 is 5.73 Å². The van der Waals surface area contributed by atoms with E-state index in [0.717, 1.165) is 29.9 Å². The van der Waals surface area contributed by atoms with Crippen LogP contribution in [0.2, 0.25) is 0 Å². The number of aromatic nitrogens is 4. The summed E-state index contributed by atoms with van der Waals surface area (Å²) < 4.78 is 4.16. The van der Waals surface area contributed by atoms with Crippen LogP contribution in [-0.2, 0) is 13.1 Å². The molecular formula is C15H25N5. The Morgan fingerprint density at radius 3 is 2.30 bits per heavy atom. The zero-order valence-corrected chi connectivity index (χ0v) is 13.4. The van der Waals surface area contributed by atoms with Crippen LogP contribution in [0.25, 0.3) is 11.2 Å². The molecule has 0 aliphatic heterocycles. The normalized spacial score (nSPS) is 20.7. The van der Waals surface area contributed by atoms with Crippen molar-refractivity contribution in [3.05, 3.63) is 5.69 Å². The van der Waals surface area contributed by atoms with Crippen molar-refractivity contribution in [2.75, 3.05) is 5.73 Å². The number of rotatable bonds is 3. The summed E-state index contributed by atoms with van der Waals surface area (Å²) in [6.07, 6.45) is 0. The molecule has 20 heavy (non-hydrogen) atoms. The quantitative estimate of drug-likeness (QED) is 0.937. The molecule has 1 aliphatic rings. The molecule has 1 saturated carbocycles. The molecule has 0 amide bonds. The fourth-order valence-corrected chi connectivity index (χ4v) is 3.61. The van der Waals surface area contributed by atoms with Gasteiger partial charge in [0.25, 0.3) is 0 Å². The van der Waals surface area contributed by atoms with Gasteiger partial charge in [-0.3, -0.25) is 4.57 Å². The molecule has 5 nitrogen and oxygen atoms in total. The summed E-state index contributed by atoms with van der Waals surface area (Å²) in [6.45, 7) is 15.2. The van der Waals surface area contributed by atoms with Crippen LogP contribution in [-0.4, -0.2) is 19.3 Å². The van der Waals surface area contributed by atoms with Gasteiger partial charge in [-0.25, -0.2) is 9.67 Å². The standard InChI is InChI=1S/C15H25N5/c1-7-20-12-11(9(2)18-20)17-13(16)19(12)8-10-14(3,4)15(10,5)6/h10H,7-8H2,1-6H3,(H2,16,17). The molecule has 1 fully saturated rings. The van der Waals surface area contributed by atoms with Crippen molar-refractivity contribution < 1.29 is 0 Å². The SMILES string of the molecule is CCn1nc(C)c2nc(N)n(CC3C(C)(C)C3(C)C)c21. The summed E-state index contributed by atoms with van der Waals surface area (Å²) in [7, 11) is 0. The van der Waals surface area contributed by atoms with E-state index >= 15 is 0 Å². The molecule has 5 heteroatoms. The lowest BCUT2D eigenvalue weighted by atomic mass is 10.0. The lowest BCUT2D eigenvalue weighted by Crippen LogP contribution is -2.11. The van der Waals surface area contributed by atoms with Gasteiger partial charge in [-0.2, -0.15) is 5.10 Å². The van der Waals surface area contributed by atoms with Crippen molar-refractivity contribution in [2.45, 2.75) is 54.6 Å². The van der Waals surface area contributed by atoms with E-state index in [-0.39, 0.29) is 0 Å². The minimum Gasteiger partial charge on any atom is -0.369 e. The van der Waals surface area contributed by atoms with Crippen molar-refractivity contribution in [1.82, 2.24) is 19.3 Å². The first-order valence-electron chi connectivity index (χ1n) is 7.41. The highest BCUT2D eigenvalue weighted by atomic mass is 15.4. The summed E-state index contributed by atoms with van der Waals surface area (Å²) in [5.74, 6) is 1.23. The number of aryl methyl sites for hydroxylation is 2. The van der Waals surface area contributed by atoms with E-state index in [0.29, 0.717) is 22.7 Å². The Morgan fingerprint density at radius 2 is 1.80 bits per heavy atom. The summed E-state index contributed by atoms with van der Waals surface area (Å²) in [4.78, 5) is 4.52. The number of fused-ring (bicyclic) bond motifs is 1. The van der Waals surface area contributed by atoms with Crippen LogP contribution in [0.15, 0.2) is 0 Å². The average Bonchev–Trinajstić information content (AvgIpc) is 2.71. The van der Waals surface area contributed by atoms with Gasteiger partial charge in [0.05, 0.1) is 5.69 Å². The molecule has 2 aromatic heterocycles. The Kier molecular flexibility index (Phi) is 2.54. The van der Waals surface area contributed by atoms with Crippen molar-refractivity contribution in [2.24, 2.45) is 16.7 Å². The average molecular weight is 275 g/mol. The molecular weight excluding hydrogens is 250 g/mol. The molecule has 3 rings (SSSR count). The molecule has 2 aromatic rings. The number of hydrogen-bond donors (Lipinski definition) is 1. The lowest BCUT2D eigenvalue weighted by molar-refractivity contribution is 0.457. The van der Waals surface area contributed by atoms with E-state index in [1.54, 1.807) is 0 Å². The fourth-order valence-electron chi connectivity index (χ4n) is 3.61. The zero-order chi connectivity index (χ0) is 14.9. The molecule has 0 unspecified atom stereocenters. The zero-order valence-electron chi connectivity index (χ0n) is 13.4. The third-order valence-electron chi connectivity index (χ3n) is 5.81. The third kappa shape index (κ3) is 1.49. The van der Waals surface area contributed by atoms with Crippen molar-refractivity contribution in [1.29, 1.82) is 0 Å². The van der Waals surface area contributed by atoms with Crippen molar-refractivity contribution >= 4 is 17.1 Å². The van der Waals surface area contributed by atoms with E-state index in [9.17, 15) is 0 Å². The maximum atomic E-state index is 6.15. The molecule has 110 valence electrons. The summed E-state index contributed by atoms with van der Waals surface area (Å²) in [5, 5.41) is 4.55. The Hall–Kier alpha value is -1.52. The number of hydrogen-bond acceptors (Lipinski definition) is 3. The topological polar surface area (TPSA) is 61.7 Å². The first-order chi connectivity index (χ1) is 9.21. The highest BCUT2D eigenvalue weighted by molar-refractivity contribution is 5.77. The molecule has 0 spiro atoms. The molecule has 2 heterocycles. The number of imidazole rings is 1. The summed E-state index contributed by atoms with van der Waals surface area (Å²) in [5.41, 5.74) is 9.83. The van der Waals surface area contributed by atoms with Gasteiger partial charge in [0, 0.05) is 13.1 Å². The van der Waals surface area contributed by atoms with Crippen LogP contribution in [0, 0.1) is 23.7 Å². The first-order valence-corrected chi connectivity index (χ1v) is 7.41. The van der Waals surface area contributed by atoms with Gasteiger partial charge in [0.1, 0.15) is 5.52 Å². The Bertz CT molecular complexity index is 660. The van der Waals surface area contributed by atoms with Crippen LogP contribution in [0.5, 0.6) is 0 Å². The van der Waals surface area contributed by atoms with Gasteiger partial charge in [0.2, 0.25) is 5.95 Å². The second-order valence-corrected chi connectivity index (χ2v) is 7.15. The van der Waals surface area contributed by atoms with Gasteiger partial charge >= 0.3 is 0 Å².